The van der Waals surface area contributed by atoms with Gasteiger partial charge in [0, 0.05) is 38.5 Å². The van der Waals surface area contributed by atoms with Gasteiger partial charge in [0.05, 0.1) is 11.4 Å². The highest BCUT2D eigenvalue weighted by molar-refractivity contribution is 5.79. The summed E-state index contributed by atoms with van der Waals surface area (Å²) in [6.45, 7) is 7.00. The summed E-state index contributed by atoms with van der Waals surface area (Å²) < 4.78 is 0. The van der Waals surface area contributed by atoms with Gasteiger partial charge in [-0.3, -0.25) is 4.79 Å². The predicted octanol–water partition coefficient (Wildman–Crippen LogP) is 0.0737. The van der Waals surface area contributed by atoms with Gasteiger partial charge < -0.3 is 9.80 Å². The lowest BCUT2D eigenvalue weighted by atomic mass is 9.88. The molecule has 19 heavy (non-hydrogen) atoms. The van der Waals surface area contributed by atoms with Crippen LogP contribution in [0.1, 0.15) is 24.7 Å². The molecular formula is C13H21N5O. The van der Waals surface area contributed by atoms with Gasteiger partial charge in [0.15, 0.2) is 0 Å². The zero-order valence-corrected chi connectivity index (χ0v) is 11.4. The number of aromatic nitrogens is 3. The molecule has 1 atom stereocenters. The van der Waals surface area contributed by atoms with Crippen molar-refractivity contribution < 1.29 is 4.79 Å². The molecule has 1 aromatic rings. The summed E-state index contributed by atoms with van der Waals surface area (Å²) in [4.78, 5) is 16.9. The fourth-order valence-corrected chi connectivity index (χ4v) is 3.04. The van der Waals surface area contributed by atoms with E-state index < -0.39 is 0 Å². The summed E-state index contributed by atoms with van der Waals surface area (Å²) in [7, 11) is 0. The van der Waals surface area contributed by atoms with E-state index in [9.17, 15) is 4.79 Å². The number of rotatable bonds is 2. The Hall–Kier alpha value is -1.43. The van der Waals surface area contributed by atoms with Crippen molar-refractivity contribution >= 4 is 5.91 Å². The predicted molar refractivity (Wildman–Crippen MR) is 70.6 cm³/mol. The Kier molecular flexibility index (Phi) is 3.50. The number of amides is 1. The molecule has 1 fully saturated rings. The van der Waals surface area contributed by atoms with Crippen LogP contribution in [0, 0.1) is 5.92 Å². The molecule has 1 unspecified atom stereocenters. The van der Waals surface area contributed by atoms with Crippen LogP contribution in [0.15, 0.2) is 0 Å². The minimum atomic E-state index is 0.103. The molecule has 2 heterocycles. The number of carbonyl (C=O) groups excluding carboxylic acids is 1. The quantitative estimate of drug-likeness (QED) is 0.820. The van der Waals surface area contributed by atoms with Crippen molar-refractivity contribution in [3.05, 3.63) is 11.4 Å². The summed E-state index contributed by atoms with van der Waals surface area (Å²) in [5, 5.41) is 10.9. The highest BCUT2D eigenvalue weighted by Crippen LogP contribution is 2.24. The monoisotopic (exact) mass is 263 g/mol. The second kappa shape index (κ2) is 5.28. The van der Waals surface area contributed by atoms with E-state index in [0.717, 1.165) is 63.4 Å². The Morgan fingerprint density at radius 2 is 2.00 bits per heavy atom. The first-order valence-corrected chi connectivity index (χ1v) is 7.17. The number of hydrogen-bond donors (Lipinski definition) is 1. The Morgan fingerprint density at radius 1 is 1.26 bits per heavy atom. The molecule has 0 radical (unpaired) electrons. The zero-order valence-electron chi connectivity index (χ0n) is 11.4. The normalized spacial score (nSPS) is 24.3. The number of fused-ring (bicyclic) bond motifs is 1. The van der Waals surface area contributed by atoms with Crippen molar-refractivity contribution in [2.75, 3.05) is 32.7 Å². The average Bonchev–Trinajstić information content (AvgIpc) is 2.94. The van der Waals surface area contributed by atoms with E-state index in [4.69, 9.17) is 0 Å². The molecule has 0 aromatic carbocycles. The van der Waals surface area contributed by atoms with Gasteiger partial charge in [0.2, 0.25) is 5.91 Å². The zero-order chi connectivity index (χ0) is 13.2. The molecule has 1 aromatic heterocycles. The summed E-state index contributed by atoms with van der Waals surface area (Å²) in [5.74, 6) is 0.412. The molecule has 1 saturated heterocycles. The van der Waals surface area contributed by atoms with Crippen molar-refractivity contribution in [3.8, 4) is 0 Å². The van der Waals surface area contributed by atoms with Gasteiger partial charge in [-0.2, -0.15) is 15.4 Å². The first-order chi connectivity index (χ1) is 9.28. The number of nitrogens with zero attached hydrogens (tertiary/aromatic N) is 4. The van der Waals surface area contributed by atoms with E-state index in [1.807, 2.05) is 4.90 Å². The number of piperazine rings is 1. The largest absolute Gasteiger partial charge is 0.340 e. The highest BCUT2D eigenvalue weighted by Gasteiger charge is 2.31. The third-order valence-corrected chi connectivity index (χ3v) is 4.35. The van der Waals surface area contributed by atoms with Crippen molar-refractivity contribution in [2.45, 2.75) is 26.2 Å². The van der Waals surface area contributed by atoms with Crippen LogP contribution < -0.4 is 0 Å². The third kappa shape index (κ3) is 2.49. The van der Waals surface area contributed by atoms with Crippen molar-refractivity contribution in [1.29, 1.82) is 0 Å². The first-order valence-electron chi connectivity index (χ1n) is 7.17. The van der Waals surface area contributed by atoms with E-state index in [-0.39, 0.29) is 5.92 Å². The number of H-pyrrole nitrogens is 1. The van der Waals surface area contributed by atoms with E-state index >= 15 is 0 Å². The van der Waals surface area contributed by atoms with E-state index in [0.29, 0.717) is 5.91 Å². The molecule has 2 aliphatic rings. The van der Waals surface area contributed by atoms with Crippen LogP contribution in [0.3, 0.4) is 0 Å². The summed E-state index contributed by atoms with van der Waals surface area (Å²) in [6, 6.07) is 0. The smallest absolute Gasteiger partial charge is 0.226 e. The Bertz CT molecular complexity index is 450. The number of aromatic amines is 1. The highest BCUT2D eigenvalue weighted by atomic mass is 16.2. The fraction of sp³-hybridized carbons (Fsp3) is 0.769. The molecule has 1 amide bonds. The minimum Gasteiger partial charge on any atom is -0.340 e. The second-order valence-corrected chi connectivity index (χ2v) is 5.42. The van der Waals surface area contributed by atoms with Crippen molar-refractivity contribution in [2.24, 2.45) is 5.92 Å². The summed E-state index contributed by atoms with van der Waals surface area (Å²) >= 11 is 0. The van der Waals surface area contributed by atoms with E-state index in [1.165, 1.54) is 0 Å². The average molecular weight is 263 g/mol. The van der Waals surface area contributed by atoms with Crippen molar-refractivity contribution in [1.82, 2.24) is 25.2 Å². The van der Waals surface area contributed by atoms with Crippen LogP contribution >= 0.6 is 0 Å². The molecule has 3 rings (SSSR count). The maximum Gasteiger partial charge on any atom is 0.226 e. The van der Waals surface area contributed by atoms with Gasteiger partial charge in [-0.15, -0.1) is 0 Å². The van der Waals surface area contributed by atoms with Gasteiger partial charge in [-0.25, -0.2) is 0 Å². The second-order valence-electron chi connectivity index (χ2n) is 5.42. The third-order valence-electron chi connectivity index (χ3n) is 4.35. The topological polar surface area (TPSA) is 65.1 Å². The Balaban J connectivity index is 1.60. The van der Waals surface area contributed by atoms with Crippen LogP contribution in [0.25, 0.3) is 0 Å². The number of likely N-dealkylation sites (N-methyl/N-ethyl adjacent to an activating group) is 1. The lowest BCUT2D eigenvalue weighted by molar-refractivity contribution is -0.137. The van der Waals surface area contributed by atoms with Crippen LogP contribution in [-0.4, -0.2) is 63.8 Å². The van der Waals surface area contributed by atoms with Crippen LogP contribution in [-0.2, 0) is 17.6 Å². The van der Waals surface area contributed by atoms with E-state index in [1.54, 1.807) is 0 Å². The van der Waals surface area contributed by atoms with Gasteiger partial charge in [0.1, 0.15) is 0 Å². The molecule has 0 spiro atoms. The van der Waals surface area contributed by atoms with Crippen molar-refractivity contribution in [3.63, 3.8) is 0 Å². The molecule has 6 heteroatoms. The summed E-state index contributed by atoms with van der Waals surface area (Å²) in [6.07, 6.45) is 2.53. The molecule has 6 nitrogen and oxygen atoms in total. The number of aryl methyl sites for hydroxylation is 1. The molecule has 1 aliphatic heterocycles. The van der Waals surface area contributed by atoms with Crippen LogP contribution in [0.4, 0.5) is 0 Å². The maximum atomic E-state index is 12.5. The lowest BCUT2D eigenvalue weighted by Gasteiger charge is -2.36. The fourth-order valence-electron chi connectivity index (χ4n) is 3.04. The standard InChI is InChI=1S/C13H21N5O/c1-2-17-5-7-18(8-6-17)13(19)10-3-4-11-12(9-10)15-16-14-11/h10H,2-9H2,1H3,(H,14,15,16). The van der Waals surface area contributed by atoms with E-state index in [2.05, 4.69) is 27.2 Å². The molecule has 104 valence electrons. The number of carbonyl (C=O) groups is 1. The number of hydrogen-bond acceptors (Lipinski definition) is 4. The van der Waals surface area contributed by atoms with Gasteiger partial charge >= 0.3 is 0 Å². The molecule has 0 bridgehead atoms. The van der Waals surface area contributed by atoms with Gasteiger partial charge in [-0.1, -0.05) is 6.92 Å². The molecular weight excluding hydrogens is 242 g/mol. The molecule has 1 N–H and O–H groups in total. The molecule has 1 aliphatic carbocycles. The Morgan fingerprint density at radius 3 is 2.74 bits per heavy atom. The number of nitrogens with one attached hydrogen (secondary N) is 1. The minimum absolute atomic E-state index is 0.103. The summed E-state index contributed by atoms with van der Waals surface area (Å²) in [5.41, 5.74) is 2.02. The van der Waals surface area contributed by atoms with Crippen LogP contribution in [0.5, 0.6) is 0 Å². The Labute approximate surface area is 113 Å². The first kappa shape index (κ1) is 12.6. The van der Waals surface area contributed by atoms with Gasteiger partial charge in [0.25, 0.3) is 0 Å². The maximum absolute atomic E-state index is 12.5. The van der Waals surface area contributed by atoms with Crippen LogP contribution in [0.2, 0.25) is 0 Å². The lowest BCUT2D eigenvalue weighted by Crippen LogP contribution is -2.50. The molecule has 0 saturated carbocycles. The van der Waals surface area contributed by atoms with Gasteiger partial charge in [-0.05, 0) is 19.4 Å². The SMILES string of the molecule is CCN1CCN(C(=O)C2CCc3n[nH]nc3C2)CC1.